The average molecular weight is 326 g/mol. The van der Waals surface area contributed by atoms with E-state index in [0.29, 0.717) is 39.5 Å². The van der Waals surface area contributed by atoms with Gasteiger partial charge in [-0.2, -0.15) is 0 Å². The molecule has 6 heteroatoms. The maximum Gasteiger partial charge on any atom is 0.323 e. The number of piperidine rings is 1. The van der Waals surface area contributed by atoms with Crippen LogP contribution in [0.5, 0.6) is 0 Å². The summed E-state index contributed by atoms with van der Waals surface area (Å²) in [4.78, 5) is 29.0. The number of hydrogen-bond donors (Lipinski definition) is 0. The van der Waals surface area contributed by atoms with E-state index in [1.807, 2.05) is 11.8 Å². The van der Waals surface area contributed by atoms with E-state index in [-0.39, 0.29) is 23.8 Å². The van der Waals surface area contributed by atoms with Crippen molar-refractivity contribution in [1.82, 2.24) is 9.80 Å². The number of hydrogen-bond acceptors (Lipinski definition) is 5. The van der Waals surface area contributed by atoms with Gasteiger partial charge in [-0.05, 0) is 32.7 Å². The number of morpholine rings is 1. The van der Waals surface area contributed by atoms with E-state index in [4.69, 9.17) is 9.47 Å². The highest BCUT2D eigenvalue weighted by Crippen LogP contribution is 2.23. The van der Waals surface area contributed by atoms with Crippen molar-refractivity contribution in [3.8, 4) is 0 Å². The van der Waals surface area contributed by atoms with Gasteiger partial charge in [0.1, 0.15) is 6.04 Å². The van der Waals surface area contributed by atoms with Crippen molar-refractivity contribution in [2.45, 2.75) is 45.6 Å². The van der Waals surface area contributed by atoms with Gasteiger partial charge in [0.2, 0.25) is 5.91 Å². The summed E-state index contributed by atoms with van der Waals surface area (Å²) in [5.74, 6) is 0.0709. The molecule has 0 bridgehead atoms. The highest BCUT2D eigenvalue weighted by molar-refractivity contribution is 5.80. The van der Waals surface area contributed by atoms with Gasteiger partial charge < -0.3 is 14.4 Å². The van der Waals surface area contributed by atoms with Crippen LogP contribution in [0.1, 0.15) is 39.5 Å². The Hall–Kier alpha value is -1.14. The van der Waals surface area contributed by atoms with Crippen molar-refractivity contribution in [3.63, 3.8) is 0 Å². The summed E-state index contributed by atoms with van der Waals surface area (Å²) < 4.78 is 10.6. The first-order valence-electron chi connectivity index (χ1n) is 8.94. The molecule has 132 valence electrons. The zero-order chi connectivity index (χ0) is 16.7. The maximum atomic E-state index is 12.7. The minimum absolute atomic E-state index is 0.00404. The first-order valence-corrected chi connectivity index (χ1v) is 8.94. The van der Waals surface area contributed by atoms with Crippen molar-refractivity contribution >= 4 is 11.9 Å². The molecule has 2 rings (SSSR count). The number of nitrogens with zero attached hydrogens (tertiary/aromatic N) is 2. The molecule has 2 heterocycles. The van der Waals surface area contributed by atoms with Crippen molar-refractivity contribution < 1.29 is 19.1 Å². The Balaban J connectivity index is 1.97. The van der Waals surface area contributed by atoms with Gasteiger partial charge in [0, 0.05) is 19.6 Å². The normalized spacial score (nSPS) is 24.3. The molecule has 2 fully saturated rings. The molecule has 2 aliphatic rings. The molecule has 0 saturated carbocycles. The molecule has 0 radical (unpaired) electrons. The molecule has 0 N–H and O–H groups in total. The quantitative estimate of drug-likeness (QED) is 0.689. The van der Waals surface area contributed by atoms with Gasteiger partial charge in [0.15, 0.2) is 0 Å². The monoisotopic (exact) mass is 326 g/mol. The molecular weight excluding hydrogens is 296 g/mol. The van der Waals surface area contributed by atoms with Crippen LogP contribution in [-0.2, 0) is 19.1 Å². The molecular formula is C17H30N2O4. The highest BCUT2D eigenvalue weighted by Gasteiger charge is 2.35. The summed E-state index contributed by atoms with van der Waals surface area (Å²) in [5, 5.41) is 0. The summed E-state index contributed by atoms with van der Waals surface area (Å²) in [7, 11) is 0. The fourth-order valence-corrected chi connectivity index (χ4v) is 3.49. The molecule has 2 aliphatic heterocycles. The Morgan fingerprint density at radius 2 is 1.96 bits per heavy atom. The third kappa shape index (κ3) is 4.91. The second-order valence-electron chi connectivity index (χ2n) is 6.33. The maximum absolute atomic E-state index is 12.7. The topological polar surface area (TPSA) is 59.1 Å². The Kier molecular flexibility index (Phi) is 7.30. The zero-order valence-corrected chi connectivity index (χ0v) is 14.5. The Morgan fingerprint density at radius 1 is 1.22 bits per heavy atom. The summed E-state index contributed by atoms with van der Waals surface area (Å²) in [6.45, 7) is 8.48. The molecule has 23 heavy (non-hydrogen) atoms. The second-order valence-corrected chi connectivity index (χ2v) is 6.33. The van der Waals surface area contributed by atoms with Gasteiger partial charge in [0.25, 0.3) is 0 Å². The number of amides is 1. The molecule has 2 unspecified atom stereocenters. The van der Waals surface area contributed by atoms with E-state index in [1.54, 1.807) is 0 Å². The van der Waals surface area contributed by atoms with E-state index in [2.05, 4.69) is 11.8 Å². The fourth-order valence-electron chi connectivity index (χ4n) is 3.49. The lowest BCUT2D eigenvalue weighted by atomic mass is 9.94. The average Bonchev–Trinajstić information content (AvgIpc) is 2.60. The molecule has 0 spiro atoms. The van der Waals surface area contributed by atoms with E-state index in [1.165, 1.54) is 0 Å². The molecule has 6 nitrogen and oxygen atoms in total. The molecule has 0 aromatic heterocycles. The van der Waals surface area contributed by atoms with Crippen LogP contribution in [-0.4, -0.2) is 73.7 Å². The van der Waals surface area contributed by atoms with Crippen LogP contribution in [0.15, 0.2) is 0 Å². The smallest absolute Gasteiger partial charge is 0.323 e. The van der Waals surface area contributed by atoms with Gasteiger partial charge >= 0.3 is 5.97 Å². The van der Waals surface area contributed by atoms with Gasteiger partial charge in [0.05, 0.1) is 25.7 Å². The molecule has 2 saturated heterocycles. The number of likely N-dealkylation sites (tertiary alicyclic amines) is 1. The minimum atomic E-state index is -0.208. The van der Waals surface area contributed by atoms with Crippen molar-refractivity contribution in [2.75, 3.05) is 46.0 Å². The van der Waals surface area contributed by atoms with Crippen LogP contribution in [0.4, 0.5) is 0 Å². The summed E-state index contributed by atoms with van der Waals surface area (Å²) >= 11 is 0. The van der Waals surface area contributed by atoms with Gasteiger partial charge in [-0.1, -0.05) is 13.3 Å². The van der Waals surface area contributed by atoms with Crippen LogP contribution in [0.2, 0.25) is 0 Å². The molecule has 1 amide bonds. The number of rotatable bonds is 6. The van der Waals surface area contributed by atoms with Gasteiger partial charge in [-0.3, -0.25) is 14.5 Å². The molecule has 0 aliphatic carbocycles. The highest BCUT2D eigenvalue weighted by atomic mass is 16.5. The molecule has 0 aromatic rings. The van der Waals surface area contributed by atoms with Crippen molar-refractivity contribution in [1.29, 1.82) is 0 Å². The number of carbonyl (C=O) groups is 2. The first-order chi connectivity index (χ1) is 11.2. The predicted molar refractivity (Wildman–Crippen MR) is 87.0 cm³/mol. The van der Waals surface area contributed by atoms with Crippen molar-refractivity contribution in [2.24, 2.45) is 5.92 Å². The zero-order valence-electron chi connectivity index (χ0n) is 14.5. The standard InChI is InChI=1S/C17H30N2O4/c1-3-6-15(17(21)23-4-2)19-8-5-7-14(13-19)16(20)18-9-11-22-12-10-18/h14-15H,3-13H2,1-2H3. The van der Waals surface area contributed by atoms with E-state index in [9.17, 15) is 9.59 Å². The van der Waals surface area contributed by atoms with Crippen LogP contribution in [0, 0.1) is 5.92 Å². The van der Waals surface area contributed by atoms with E-state index in [0.717, 1.165) is 32.2 Å². The summed E-state index contributed by atoms with van der Waals surface area (Å²) in [6.07, 6.45) is 3.59. The number of ether oxygens (including phenoxy) is 2. The number of esters is 1. The fraction of sp³-hybridized carbons (Fsp3) is 0.882. The number of carbonyl (C=O) groups excluding carboxylic acids is 2. The SMILES string of the molecule is CCCC(C(=O)OCC)N1CCCC(C(=O)N2CCOCC2)C1. The summed E-state index contributed by atoms with van der Waals surface area (Å²) in [5.41, 5.74) is 0. The molecule has 2 atom stereocenters. The largest absolute Gasteiger partial charge is 0.465 e. The minimum Gasteiger partial charge on any atom is -0.465 e. The Morgan fingerprint density at radius 3 is 2.61 bits per heavy atom. The van der Waals surface area contributed by atoms with Crippen LogP contribution < -0.4 is 0 Å². The van der Waals surface area contributed by atoms with E-state index >= 15 is 0 Å². The van der Waals surface area contributed by atoms with Crippen molar-refractivity contribution in [3.05, 3.63) is 0 Å². The van der Waals surface area contributed by atoms with Crippen LogP contribution in [0.3, 0.4) is 0 Å². The lowest BCUT2D eigenvalue weighted by Gasteiger charge is -2.38. The van der Waals surface area contributed by atoms with E-state index < -0.39 is 0 Å². The predicted octanol–water partition coefficient (Wildman–Crippen LogP) is 1.29. The van der Waals surface area contributed by atoms with Crippen LogP contribution in [0.25, 0.3) is 0 Å². The third-order valence-electron chi connectivity index (χ3n) is 4.69. The van der Waals surface area contributed by atoms with Gasteiger partial charge in [-0.25, -0.2) is 0 Å². The Labute approximate surface area is 139 Å². The second kappa shape index (κ2) is 9.23. The Bertz CT molecular complexity index is 396. The van der Waals surface area contributed by atoms with Gasteiger partial charge in [-0.15, -0.1) is 0 Å². The lowest BCUT2D eigenvalue weighted by Crippen LogP contribution is -2.52. The summed E-state index contributed by atoms with van der Waals surface area (Å²) in [6, 6.07) is -0.208. The molecule has 0 aromatic carbocycles. The third-order valence-corrected chi connectivity index (χ3v) is 4.69. The van der Waals surface area contributed by atoms with Crippen LogP contribution >= 0.6 is 0 Å². The first kappa shape index (κ1) is 18.2. The lowest BCUT2D eigenvalue weighted by molar-refractivity contribution is -0.153.